The Morgan fingerprint density at radius 1 is 1.33 bits per heavy atom. The Labute approximate surface area is 217 Å². The first-order chi connectivity index (χ1) is 16.8. The summed E-state index contributed by atoms with van der Waals surface area (Å²) in [5.41, 5.74) is 0.162. The Bertz CT molecular complexity index is 977. The number of ether oxygens (including phenoxy) is 2. The molecule has 0 radical (unpaired) electrons. The van der Waals surface area contributed by atoms with Crippen LogP contribution in [0.1, 0.15) is 83.8 Å². The summed E-state index contributed by atoms with van der Waals surface area (Å²) in [6.45, 7) is 10.6. The van der Waals surface area contributed by atoms with Gasteiger partial charge >= 0.3 is 5.97 Å². The third-order valence-corrected chi connectivity index (χ3v) is 8.55. The first-order valence-corrected chi connectivity index (χ1v) is 13.7. The van der Waals surface area contributed by atoms with Crippen molar-refractivity contribution in [3.63, 3.8) is 0 Å². The van der Waals surface area contributed by atoms with Crippen molar-refractivity contribution >= 4 is 29.2 Å². The molecule has 0 saturated carbocycles. The highest BCUT2D eigenvalue weighted by Crippen LogP contribution is 2.46. The number of esters is 1. The molecule has 0 unspecified atom stereocenters. The number of alkyl halides is 1. The predicted octanol–water partition coefficient (Wildman–Crippen LogP) is 4.77. The Kier molecular flexibility index (Phi) is 9.13. The summed E-state index contributed by atoms with van der Waals surface area (Å²) in [6, 6.07) is 0. The molecule has 36 heavy (non-hydrogen) atoms. The fourth-order valence-corrected chi connectivity index (χ4v) is 5.59. The van der Waals surface area contributed by atoms with E-state index in [0.29, 0.717) is 24.8 Å². The predicted molar refractivity (Wildman–Crippen MR) is 136 cm³/mol. The molecule has 0 amide bonds. The van der Waals surface area contributed by atoms with Crippen LogP contribution in [-0.4, -0.2) is 57.2 Å². The van der Waals surface area contributed by atoms with Crippen LogP contribution in [0.4, 0.5) is 4.39 Å². The van der Waals surface area contributed by atoms with E-state index in [4.69, 9.17) is 9.47 Å². The zero-order chi connectivity index (χ0) is 26.8. The van der Waals surface area contributed by atoms with Gasteiger partial charge in [0, 0.05) is 24.1 Å². The maximum Gasteiger partial charge on any atom is 0.309 e. The second kappa shape index (κ2) is 11.4. The highest BCUT2D eigenvalue weighted by molar-refractivity contribution is 7.09. The van der Waals surface area contributed by atoms with E-state index in [0.717, 1.165) is 10.7 Å². The molecular weight excluding hydrogens is 485 g/mol. The van der Waals surface area contributed by atoms with Crippen LogP contribution >= 0.6 is 11.3 Å². The quantitative estimate of drug-likeness (QED) is 0.432. The van der Waals surface area contributed by atoms with Crippen molar-refractivity contribution in [1.29, 1.82) is 0 Å². The lowest BCUT2D eigenvalue weighted by molar-refractivity contribution is -0.154. The fourth-order valence-electron chi connectivity index (χ4n) is 5.02. The lowest BCUT2D eigenvalue weighted by atomic mass is 9.71. The van der Waals surface area contributed by atoms with Gasteiger partial charge in [-0.1, -0.05) is 27.7 Å². The van der Waals surface area contributed by atoms with Crippen LogP contribution in [0, 0.1) is 24.2 Å². The number of aliphatic hydroxyl groups excluding tert-OH is 2. The van der Waals surface area contributed by atoms with E-state index in [1.54, 1.807) is 26.8 Å². The topological polar surface area (TPSA) is 109 Å². The average molecular weight is 526 g/mol. The van der Waals surface area contributed by atoms with Crippen LogP contribution in [0.3, 0.4) is 0 Å². The Balaban J connectivity index is 1.87. The summed E-state index contributed by atoms with van der Waals surface area (Å²) < 4.78 is 26.4. The van der Waals surface area contributed by atoms with Crippen LogP contribution < -0.4 is 0 Å². The smallest absolute Gasteiger partial charge is 0.309 e. The van der Waals surface area contributed by atoms with Gasteiger partial charge in [-0.25, -0.2) is 9.37 Å². The first-order valence-electron chi connectivity index (χ1n) is 12.9. The van der Waals surface area contributed by atoms with Gasteiger partial charge in [0.25, 0.3) is 0 Å². The molecule has 0 spiro atoms. The van der Waals surface area contributed by atoms with E-state index in [1.807, 2.05) is 26.2 Å². The van der Waals surface area contributed by atoms with Gasteiger partial charge in [-0.15, -0.1) is 11.3 Å². The molecule has 1 aromatic rings. The number of halogens is 1. The molecule has 7 nitrogen and oxygen atoms in total. The monoisotopic (exact) mass is 525 g/mol. The lowest BCUT2D eigenvalue weighted by Crippen LogP contribution is -2.46. The molecule has 9 heteroatoms. The second-order valence-electron chi connectivity index (χ2n) is 11.0. The number of nitrogens with zero attached hydrogens (tertiary/aromatic N) is 1. The van der Waals surface area contributed by atoms with Gasteiger partial charge in [-0.2, -0.15) is 0 Å². The van der Waals surface area contributed by atoms with Gasteiger partial charge in [0.05, 0.1) is 34.7 Å². The molecule has 2 N–H and O–H groups in total. The number of cyclic esters (lactones) is 1. The van der Waals surface area contributed by atoms with Crippen molar-refractivity contribution in [1.82, 2.24) is 4.98 Å². The van der Waals surface area contributed by atoms with Crippen LogP contribution in [0.15, 0.2) is 11.0 Å². The minimum Gasteiger partial charge on any atom is -0.458 e. The standard InChI is InChI=1S/C27H40FNO6S/c1-7-19-24(32)15(2)9-8-10-27(28)22(35-27)12-20(16(3)11-18-14-36-17(4)29-18)34-23(31)13-21(30)26(5,6)25(19)33/h11,14-15,19-22,24,30,32H,7-10,12-13H2,1-6H3/t15-,19+,20-,21-,22-,24-,27+/m0/s1. The summed E-state index contributed by atoms with van der Waals surface area (Å²) in [5.74, 6) is -3.71. The van der Waals surface area contributed by atoms with Crippen molar-refractivity contribution in [2.24, 2.45) is 17.3 Å². The number of carbonyl (C=O) groups excluding carboxylic acids is 2. The molecule has 0 aromatic carbocycles. The maximum atomic E-state index is 15.3. The zero-order valence-corrected chi connectivity index (χ0v) is 22.9. The summed E-state index contributed by atoms with van der Waals surface area (Å²) in [4.78, 5) is 30.7. The highest BCUT2D eigenvalue weighted by atomic mass is 32.1. The third-order valence-electron chi connectivity index (χ3n) is 7.76. The first kappa shape index (κ1) is 28.9. The molecule has 3 rings (SSSR count). The van der Waals surface area contributed by atoms with Crippen molar-refractivity contribution < 1.29 is 33.7 Å². The minimum atomic E-state index is -1.80. The van der Waals surface area contributed by atoms with Gasteiger partial charge in [0.2, 0.25) is 5.85 Å². The molecule has 3 heterocycles. The molecule has 2 saturated heterocycles. The molecule has 2 aliphatic rings. The van der Waals surface area contributed by atoms with Gasteiger partial charge in [0.15, 0.2) is 0 Å². The largest absolute Gasteiger partial charge is 0.458 e. The number of fused-ring (bicyclic) bond motifs is 1. The van der Waals surface area contributed by atoms with Crippen molar-refractivity contribution in [2.75, 3.05) is 0 Å². The number of hydrogen-bond acceptors (Lipinski definition) is 8. The van der Waals surface area contributed by atoms with E-state index in [1.165, 1.54) is 11.3 Å². The molecule has 0 bridgehead atoms. The lowest BCUT2D eigenvalue weighted by Gasteiger charge is -2.35. The molecule has 0 aliphatic carbocycles. The van der Waals surface area contributed by atoms with E-state index in [-0.39, 0.29) is 24.5 Å². The SMILES string of the molecule is CC[C@H]1C(=O)C(C)(C)[C@@H](O)CC(=O)O[C@H](C(C)=Cc2csc(C)n2)C[C@@H]2O[C@]2(F)CCC[C@H](C)[C@@H]1O. The number of ketones is 1. The number of carbonyl (C=O) groups is 2. The van der Waals surface area contributed by atoms with E-state index >= 15 is 4.39 Å². The van der Waals surface area contributed by atoms with E-state index in [2.05, 4.69) is 4.98 Å². The summed E-state index contributed by atoms with van der Waals surface area (Å²) in [6.07, 6.45) is -0.563. The van der Waals surface area contributed by atoms with Gasteiger partial charge in [-0.3, -0.25) is 9.59 Å². The fraction of sp³-hybridized carbons (Fsp3) is 0.741. The van der Waals surface area contributed by atoms with E-state index in [9.17, 15) is 19.8 Å². The van der Waals surface area contributed by atoms with Gasteiger partial charge in [-0.05, 0) is 50.7 Å². The minimum absolute atomic E-state index is 0.141. The number of thiazole rings is 1. The Morgan fingerprint density at radius 3 is 2.64 bits per heavy atom. The van der Waals surface area contributed by atoms with Gasteiger partial charge < -0.3 is 19.7 Å². The Morgan fingerprint density at radius 2 is 2.03 bits per heavy atom. The second-order valence-corrected chi connectivity index (χ2v) is 12.0. The summed E-state index contributed by atoms with van der Waals surface area (Å²) >= 11 is 1.50. The number of hydrogen-bond donors (Lipinski definition) is 2. The van der Waals surface area contributed by atoms with Crippen LogP contribution in [0.25, 0.3) is 6.08 Å². The summed E-state index contributed by atoms with van der Waals surface area (Å²) in [5, 5.41) is 24.6. The number of aromatic nitrogens is 1. The molecule has 7 atom stereocenters. The number of rotatable bonds is 3. The van der Waals surface area contributed by atoms with Crippen LogP contribution in [-0.2, 0) is 19.1 Å². The zero-order valence-electron chi connectivity index (χ0n) is 22.1. The molecule has 2 fully saturated rings. The number of epoxide rings is 1. The summed E-state index contributed by atoms with van der Waals surface area (Å²) in [7, 11) is 0. The number of aliphatic hydroxyl groups is 2. The van der Waals surface area contributed by atoms with Crippen molar-refractivity contribution in [3.8, 4) is 0 Å². The molecular formula is C27H40FNO6S. The Hall–Kier alpha value is -1.68. The molecule has 2 aliphatic heterocycles. The van der Waals surface area contributed by atoms with Crippen molar-refractivity contribution in [3.05, 3.63) is 21.7 Å². The maximum absolute atomic E-state index is 15.3. The number of Topliss-reactive ketones (excluding diaryl/α,β-unsaturated/α-hetero) is 1. The van der Waals surface area contributed by atoms with E-state index < -0.39 is 54.0 Å². The number of aryl methyl sites for hydroxylation is 1. The normalized spacial score (nSPS) is 36.8. The average Bonchev–Trinajstić information content (AvgIpc) is 3.24. The van der Waals surface area contributed by atoms with Gasteiger partial charge in [0.1, 0.15) is 18.0 Å². The van der Waals surface area contributed by atoms with Crippen LogP contribution in [0.5, 0.6) is 0 Å². The van der Waals surface area contributed by atoms with Crippen molar-refractivity contribution in [2.45, 2.75) is 110 Å². The molecule has 1 aromatic heterocycles. The third kappa shape index (κ3) is 6.60. The highest BCUT2D eigenvalue weighted by Gasteiger charge is 2.58. The molecule has 202 valence electrons. The van der Waals surface area contributed by atoms with Crippen LogP contribution in [0.2, 0.25) is 0 Å².